The Morgan fingerprint density at radius 3 is 1.52 bits per heavy atom. The molecule has 13 rings (SSSR count). The van der Waals surface area contributed by atoms with Crippen molar-refractivity contribution in [3.8, 4) is 44.5 Å². The lowest BCUT2D eigenvalue weighted by atomic mass is 9.70. The summed E-state index contributed by atoms with van der Waals surface area (Å²) in [5, 5.41) is 2.57. The Labute approximate surface area is 368 Å². The zero-order valence-corrected chi connectivity index (χ0v) is 34.7. The van der Waals surface area contributed by atoms with Crippen molar-refractivity contribution in [2.45, 2.75) is 18.3 Å². The van der Waals surface area contributed by atoms with E-state index in [9.17, 15) is 0 Å². The molecule has 2 nitrogen and oxygen atoms in total. The Morgan fingerprint density at radius 2 is 0.889 bits per heavy atom. The predicted octanol–water partition coefficient (Wildman–Crippen LogP) is 16.1. The van der Waals surface area contributed by atoms with Crippen LogP contribution >= 0.6 is 0 Å². The van der Waals surface area contributed by atoms with Crippen LogP contribution in [0.1, 0.15) is 35.1 Å². The summed E-state index contributed by atoms with van der Waals surface area (Å²) in [5.74, 6) is 0. The minimum absolute atomic E-state index is 0.423. The van der Waals surface area contributed by atoms with E-state index in [0.29, 0.717) is 0 Å². The molecule has 0 aliphatic heterocycles. The van der Waals surface area contributed by atoms with Gasteiger partial charge < -0.3 is 9.47 Å². The molecule has 3 aliphatic rings. The van der Waals surface area contributed by atoms with Crippen LogP contribution < -0.4 is 4.90 Å². The molecule has 2 heteroatoms. The monoisotopic (exact) mass is 802 g/mol. The molecule has 0 atom stereocenters. The minimum atomic E-state index is -0.423. The highest BCUT2D eigenvalue weighted by Crippen LogP contribution is 2.63. The molecular weight excluding hydrogens is 761 g/mol. The lowest BCUT2D eigenvalue weighted by Gasteiger charge is -2.32. The topological polar surface area (TPSA) is 8.17 Å². The molecule has 0 saturated heterocycles. The second kappa shape index (κ2) is 14.1. The van der Waals surface area contributed by atoms with E-state index < -0.39 is 5.41 Å². The van der Waals surface area contributed by atoms with Crippen LogP contribution in [0.25, 0.3) is 72.0 Å². The second-order valence-corrected chi connectivity index (χ2v) is 17.1. The van der Waals surface area contributed by atoms with Gasteiger partial charge in [0.2, 0.25) is 0 Å². The number of benzene rings is 9. The first-order valence-corrected chi connectivity index (χ1v) is 22.1. The summed E-state index contributed by atoms with van der Waals surface area (Å²) in [4.78, 5) is 2.44. The molecular formula is C61H42N2. The summed E-state index contributed by atoms with van der Waals surface area (Å²) in [6, 6.07) is 79.1. The lowest BCUT2D eigenvalue weighted by molar-refractivity contribution is 0.793. The van der Waals surface area contributed by atoms with Crippen LogP contribution in [0.2, 0.25) is 0 Å². The van der Waals surface area contributed by atoms with Crippen LogP contribution in [-0.2, 0) is 5.41 Å². The molecule has 0 bridgehead atoms. The zero-order valence-electron chi connectivity index (χ0n) is 34.7. The van der Waals surface area contributed by atoms with Gasteiger partial charge in [0.05, 0.1) is 16.4 Å². The molecule has 9 aromatic carbocycles. The number of fused-ring (bicyclic) bond motifs is 13. The molecule has 0 unspecified atom stereocenters. The van der Waals surface area contributed by atoms with Gasteiger partial charge >= 0.3 is 0 Å². The van der Waals surface area contributed by atoms with Crippen molar-refractivity contribution in [2.24, 2.45) is 0 Å². The van der Waals surface area contributed by atoms with Crippen molar-refractivity contribution in [1.82, 2.24) is 4.57 Å². The number of nitrogens with zero attached hydrogens (tertiary/aromatic N) is 2. The normalized spacial score (nSPS) is 14.1. The summed E-state index contributed by atoms with van der Waals surface area (Å²) in [6.45, 7) is 0. The standard InChI is InChI=1S/C61H42N2/c1-3-15-41(16-4-1)42-27-32-46(33-28-42)62(47-34-29-43(30-35-47)44-31-38-60-54(39-44)53-22-10-14-26-59(53)63(60)45-17-5-2-6-18-45)48-36-37-52-51-21-9-13-25-57(51)61(58(52)40-48)55-23-11-7-19-49(55)50-20-8-12-24-56(50)61/h1-5,7-17,19-40H,6,18H2. The largest absolute Gasteiger partial charge is 0.313 e. The molecule has 0 saturated carbocycles. The van der Waals surface area contributed by atoms with Crippen molar-refractivity contribution in [2.75, 3.05) is 4.90 Å². The molecule has 63 heavy (non-hydrogen) atoms. The summed E-state index contributed by atoms with van der Waals surface area (Å²) < 4.78 is 2.46. The van der Waals surface area contributed by atoms with Crippen LogP contribution in [0.3, 0.4) is 0 Å². The number of anilines is 3. The van der Waals surface area contributed by atoms with Gasteiger partial charge in [-0.05, 0) is 140 Å². The molecule has 10 aromatic rings. The first-order chi connectivity index (χ1) is 31.3. The maximum Gasteiger partial charge on any atom is 0.0726 e. The molecule has 296 valence electrons. The van der Waals surface area contributed by atoms with Gasteiger partial charge in [-0.2, -0.15) is 0 Å². The smallest absolute Gasteiger partial charge is 0.0726 e. The molecule has 0 fully saturated rings. The maximum absolute atomic E-state index is 2.48. The van der Waals surface area contributed by atoms with Crippen LogP contribution in [0.5, 0.6) is 0 Å². The van der Waals surface area contributed by atoms with E-state index in [1.54, 1.807) is 0 Å². The van der Waals surface area contributed by atoms with Gasteiger partial charge in [-0.1, -0.05) is 170 Å². The number of rotatable bonds is 6. The fourth-order valence-electron chi connectivity index (χ4n) is 11.1. The summed E-state index contributed by atoms with van der Waals surface area (Å²) in [5.41, 5.74) is 22.2. The number of para-hydroxylation sites is 1. The predicted molar refractivity (Wildman–Crippen MR) is 264 cm³/mol. The lowest BCUT2D eigenvalue weighted by Crippen LogP contribution is -2.26. The van der Waals surface area contributed by atoms with Crippen molar-refractivity contribution in [3.63, 3.8) is 0 Å². The van der Waals surface area contributed by atoms with Gasteiger partial charge in [-0.25, -0.2) is 0 Å². The van der Waals surface area contributed by atoms with E-state index in [-0.39, 0.29) is 0 Å². The highest BCUT2D eigenvalue weighted by Gasteiger charge is 2.51. The van der Waals surface area contributed by atoms with Crippen molar-refractivity contribution in [1.29, 1.82) is 0 Å². The SMILES string of the molecule is C1=CCCC(n2c3ccccc3c3cc(-c4ccc(N(c5ccc(-c6ccccc6)cc5)c5ccc6c(c5)C5(c7ccccc7-c7ccccc75)c5ccccc5-6)cc4)ccc32)=C1. The van der Waals surface area contributed by atoms with E-state index in [1.165, 1.54) is 94.3 Å². The Morgan fingerprint density at radius 1 is 0.381 bits per heavy atom. The van der Waals surface area contributed by atoms with Crippen LogP contribution in [0.15, 0.2) is 231 Å². The van der Waals surface area contributed by atoms with Gasteiger partial charge in [0.1, 0.15) is 0 Å². The molecule has 0 amide bonds. The first kappa shape index (κ1) is 35.8. The molecule has 1 spiro atoms. The van der Waals surface area contributed by atoms with E-state index in [0.717, 1.165) is 29.9 Å². The zero-order chi connectivity index (χ0) is 41.5. The van der Waals surface area contributed by atoms with Crippen LogP contribution in [0.4, 0.5) is 17.1 Å². The highest BCUT2D eigenvalue weighted by atomic mass is 15.1. The van der Waals surface area contributed by atoms with Gasteiger partial charge in [-0.3, -0.25) is 0 Å². The van der Waals surface area contributed by atoms with Gasteiger partial charge in [-0.15, -0.1) is 0 Å². The van der Waals surface area contributed by atoms with Crippen molar-refractivity contribution < 1.29 is 0 Å². The van der Waals surface area contributed by atoms with E-state index in [1.807, 2.05) is 0 Å². The average Bonchev–Trinajstić information content (AvgIpc) is 3.96. The molecule has 0 radical (unpaired) electrons. The number of allylic oxidation sites excluding steroid dienone is 4. The Hall–Kier alpha value is -7.94. The first-order valence-electron chi connectivity index (χ1n) is 22.1. The van der Waals surface area contributed by atoms with Gasteiger partial charge in [0.15, 0.2) is 0 Å². The number of aromatic nitrogens is 1. The van der Waals surface area contributed by atoms with Crippen LogP contribution in [-0.4, -0.2) is 4.57 Å². The minimum Gasteiger partial charge on any atom is -0.313 e. The van der Waals surface area contributed by atoms with E-state index >= 15 is 0 Å². The third-order valence-electron chi connectivity index (χ3n) is 13.9. The summed E-state index contributed by atoms with van der Waals surface area (Å²) in [7, 11) is 0. The summed E-state index contributed by atoms with van der Waals surface area (Å²) >= 11 is 0. The number of hydrogen-bond donors (Lipinski definition) is 0. The Balaban J connectivity index is 0.965. The third-order valence-corrected chi connectivity index (χ3v) is 13.9. The highest BCUT2D eigenvalue weighted by molar-refractivity contribution is 6.11. The van der Waals surface area contributed by atoms with E-state index in [2.05, 4.69) is 240 Å². The third kappa shape index (κ3) is 5.31. The Kier molecular flexibility index (Phi) is 7.98. The van der Waals surface area contributed by atoms with Crippen molar-refractivity contribution in [3.05, 3.63) is 253 Å². The van der Waals surface area contributed by atoms with Crippen molar-refractivity contribution >= 4 is 44.6 Å². The Bertz CT molecular complexity index is 3430. The number of hydrogen-bond acceptors (Lipinski definition) is 1. The average molecular weight is 803 g/mol. The maximum atomic E-state index is 2.48. The molecule has 1 aromatic heterocycles. The van der Waals surface area contributed by atoms with Gasteiger partial charge in [0.25, 0.3) is 0 Å². The quantitative estimate of drug-likeness (QED) is 0.163. The fraction of sp³-hybridized carbons (Fsp3) is 0.0492. The summed E-state index contributed by atoms with van der Waals surface area (Å²) in [6.07, 6.45) is 8.84. The fourth-order valence-corrected chi connectivity index (χ4v) is 11.1. The molecule has 3 aliphatic carbocycles. The van der Waals surface area contributed by atoms with Gasteiger partial charge in [0, 0.05) is 33.5 Å². The van der Waals surface area contributed by atoms with E-state index in [4.69, 9.17) is 0 Å². The van der Waals surface area contributed by atoms with Crippen LogP contribution in [0, 0.1) is 0 Å². The molecule has 0 N–H and O–H groups in total. The second-order valence-electron chi connectivity index (χ2n) is 17.1. The molecule has 1 heterocycles.